The fourth-order valence-electron chi connectivity index (χ4n) is 1.81. The summed E-state index contributed by atoms with van der Waals surface area (Å²) in [6.07, 6.45) is 2.29. The largest absolute Gasteiger partial charge is 0.347 e. The summed E-state index contributed by atoms with van der Waals surface area (Å²) in [7, 11) is 3.37. The van der Waals surface area contributed by atoms with Crippen LogP contribution in [0.3, 0.4) is 0 Å². The fraction of sp³-hybridized carbons (Fsp3) is 0.846. The molecule has 0 aromatic heterocycles. The van der Waals surface area contributed by atoms with E-state index in [1.807, 2.05) is 13.8 Å². The van der Waals surface area contributed by atoms with E-state index in [1.165, 1.54) is 4.90 Å². The van der Waals surface area contributed by atoms with Gasteiger partial charge in [-0.05, 0) is 19.8 Å². The van der Waals surface area contributed by atoms with Crippen LogP contribution in [-0.4, -0.2) is 54.3 Å². The summed E-state index contributed by atoms with van der Waals surface area (Å²) in [5.74, 6) is -0.217. The highest BCUT2D eigenvalue weighted by Gasteiger charge is 2.32. The van der Waals surface area contributed by atoms with Gasteiger partial charge in [-0.3, -0.25) is 9.59 Å². The maximum Gasteiger partial charge on any atom is 0.242 e. The third-order valence-corrected chi connectivity index (χ3v) is 2.86. The van der Waals surface area contributed by atoms with E-state index in [9.17, 15) is 9.59 Å². The predicted molar refractivity (Wildman–Crippen MR) is 73.1 cm³/mol. The number of likely N-dealkylation sites (N-methyl/N-ethyl adjacent to an activating group) is 1. The number of hydrogen-bond donors (Lipinski definition) is 1. The number of amides is 2. The first-order valence-corrected chi connectivity index (χ1v) is 6.54. The second kappa shape index (κ2) is 7.36. The predicted octanol–water partition coefficient (Wildman–Crippen LogP) is 0.831. The molecule has 5 heteroatoms. The van der Waals surface area contributed by atoms with E-state index in [1.54, 1.807) is 25.9 Å². The first kappa shape index (κ1) is 16.9. The summed E-state index contributed by atoms with van der Waals surface area (Å²) in [6, 6.07) is 0. The van der Waals surface area contributed by atoms with Crippen molar-refractivity contribution in [2.45, 2.75) is 45.6 Å². The van der Waals surface area contributed by atoms with Crippen LogP contribution >= 0.6 is 0 Å². The molecule has 1 atom stereocenters. The smallest absolute Gasteiger partial charge is 0.242 e. The van der Waals surface area contributed by atoms with Gasteiger partial charge in [0.05, 0.1) is 12.1 Å². The van der Waals surface area contributed by atoms with Crippen molar-refractivity contribution >= 4 is 11.8 Å². The molecule has 0 saturated heterocycles. The Balaban J connectivity index is 4.78. The van der Waals surface area contributed by atoms with E-state index in [0.717, 1.165) is 12.8 Å². The first-order valence-electron chi connectivity index (χ1n) is 6.54. The van der Waals surface area contributed by atoms with Crippen molar-refractivity contribution in [1.29, 1.82) is 0 Å². The molecule has 0 bridgehead atoms. The Morgan fingerprint density at radius 1 is 1.17 bits per heavy atom. The van der Waals surface area contributed by atoms with Gasteiger partial charge in [0.1, 0.15) is 0 Å². The van der Waals surface area contributed by atoms with Crippen molar-refractivity contribution < 1.29 is 9.59 Å². The molecule has 2 N–H and O–H groups in total. The monoisotopic (exact) mass is 257 g/mol. The molecule has 0 radical (unpaired) electrons. The summed E-state index contributed by atoms with van der Waals surface area (Å²) in [4.78, 5) is 27.1. The number of nitrogens with two attached hydrogens (primary N) is 1. The van der Waals surface area contributed by atoms with Gasteiger partial charge in [-0.2, -0.15) is 0 Å². The molecule has 106 valence electrons. The molecule has 0 aliphatic carbocycles. The topological polar surface area (TPSA) is 66.6 Å². The molecule has 18 heavy (non-hydrogen) atoms. The number of rotatable bonds is 7. The summed E-state index contributed by atoms with van der Waals surface area (Å²) in [6.45, 7) is 6.38. The minimum Gasteiger partial charge on any atom is -0.347 e. The van der Waals surface area contributed by atoms with Crippen molar-refractivity contribution in [3.8, 4) is 0 Å². The highest BCUT2D eigenvalue weighted by atomic mass is 16.2. The third-order valence-electron chi connectivity index (χ3n) is 2.86. The third kappa shape index (κ3) is 5.04. The number of nitrogens with zero attached hydrogens (tertiary/aromatic N) is 2. The Labute approximate surface area is 110 Å². The number of hydrogen-bond acceptors (Lipinski definition) is 3. The van der Waals surface area contributed by atoms with Gasteiger partial charge >= 0.3 is 0 Å². The molecule has 0 spiro atoms. The van der Waals surface area contributed by atoms with Crippen molar-refractivity contribution in [3.05, 3.63) is 0 Å². The van der Waals surface area contributed by atoms with Crippen LogP contribution in [0, 0.1) is 0 Å². The van der Waals surface area contributed by atoms with Gasteiger partial charge in [-0.1, -0.05) is 20.3 Å². The van der Waals surface area contributed by atoms with Crippen molar-refractivity contribution in [2.24, 2.45) is 5.73 Å². The molecule has 1 unspecified atom stereocenters. The quantitative estimate of drug-likeness (QED) is 0.734. The average molecular weight is 257 g/mol. The maximum atomic E-state index is 12.3. The van der Waals surface area contributed by atoms with Gasteiger partial charge in [0.25, 0.3) is 0 Å². The number of carbonyl (C=O) groups excluding carboxylic acids is 2. The van der Waals surface area contributed by atoms with Crippen LogP contribution < -0.4 is 5.73 Å². The molecule has 2 amide bonds. The second-order valence-corrected chi connectivity index (χ2v) is 5.18. The van der Waals surface area contributed by atoms with Gasteiger partial charge in [0, 0.05) is 20.6 Å². The van der Waals surface area contributed by atoms with Crippen LogP contribution in [0.5, 0.6) is 0 Å². The lowest BCUT2D eigenvalue weighted by Gasteiger charge is -2.31. The van der Waals surface area contributed by atoms with Crippen LogP contribution in [0.25, 0.3) is 0 Å². The van der Waals surface area contributed by atoms with Crippen LogP contribution in [0.2, 0.25) is 0 Å². The normalized spacial score (nSPS) is 13.9. The second-order valence-electron chi connectivity index (χ2n) is 5.18. The fourth-order valence-corrected chi connectivity index (χ4v) is 1.81. The molecule has 0 aliphatic rings. The minimum atomic E-state index is -0.878. The van der Waals surface area contributed by atoms with E-state index in [2.05, 4.69) is 0 Å². The Morgan fingerprint density at radius 2 is 1.72 bits per heavy atom. The summed E-state index contributed by atoms with van der Waals surface area (Å²) >= 11 is 0. The molecule has 0 aromatic carbocycles. The lowest BCUT2D eigenvalue weighted by molar-refractivity contribution is -0.142. The Morgan fingerprint density at radius 3 is 2.11 bits per heavy atom. The number of carbonyl (C=O) groups is 2. The SMILES string of the molecule is CCCN(CC(=O)N(C)C)C(=O)C(C)(N)CCC. The zero-order valence-corrected chi connectivity index (χ0v) is 12.3. The molecular weight excluding hydrogens is 230 g/mol. The lowest BCUT2D eigenvalue weighted by Crippen LogP contribution is -2.55. The Hall–Kier alpha value is -1.10. The van der Waals surface area contributed by atoms with Crippen LogP contribution in [0.15, 0.2) is 0 Å². The van der Waals surface area contributed by atoms with E-state index in [4.69, 9.17) is 5.73 Å². The van der Waals surface area contributed by atoms with E-state index in [0.29, 0.717) is 13.0 Å². The Kier molecular flexibility index (Phi) is 6.91. The lowest BCUT2D eigenvalue weighted by atomic mass is 9.95. The maximum absolute atomic E-state index is 12.3. The van der Waals surface area contributed by atoms with Crippen LogP contribution in [-0.2, 0) is 9.59 Å². The highest BCUT2D eigenvalue weighted by Crippen LogP contribution is 2.13. The molecular formula is C13H27N3O2. The molecule has 0 rings (SSSR count). The highest BCUT2D eigenvalue weighted by molar-refractivity contribution is 5.89. The zero-order valence-electron chi connectivity index (χ0n) is 12.3. The van der Waals surface area contributed by atoms with Crippen LogP contribution in [0.1, 0.15) is 40.0 Å². The average Bonchev–Trinajstić information content (AvgIpc) is 2.27. The van der Waals surface area contributed by atoms with E-state index >= 15 is 0 Å². The van der Waals surface area contributed by atoms with Crippen molar-refractivity contribution in [1.82, 2.24) is 9.80 Å². The van der Waals surface area contributed by atoms with Gasteiger partial charge in [0.2, 0.25) is 11.8 Å². The van der Waals surface area contributed by atoms with Gasteiger partial charge < -0.3 is 15.5 Å². The van der Waals surface area contributed by atoms with Gasteiger partial charge in [-0.15, -0.1) is 0 Å². The molecule has 0 aliphatic heterocycles. The van der Waals surface area contributed by atoms with Crippen LogP contribution in [0.4, 0.5) is 0 Å². The van der Waals surface area contributed by atoms with Crippen molar-refractivity contribution in [2.75, 3.05) is 27.2 Å². The van der Waals surface area contributed by atoms with Gasteiger partial charge in [0.15, 0.2) is 0 Å². The molecule has 0 fully saturated rings. The minimum absolute atomic E-state index is 0.0795. The van der Waals surface area contributed by atoms with E-state index < -0.39 is 5.54 Å². The molecule has 0 aromatic rings. The molecule has 0 saturated carbocycles. The van der Waals surface area contributed by atoms with Crippen molar-refractivity contribution in [3.63, 3.8) is 0 Å². The standard InChI is InChI=1S/C13H27N3O2/c1-6-8-13(3,14)12(18)16(9-7-2)10-11(17)15(4)5/h6-10,14H2,1-5H3. The summed E-state index contributed by atoms with van der Waals surface area (Å²) < 4.78 is 0. The Bertz CT molecular complexity index is 288. The zero-order chi connectivity index (χ0) is 14.3. The van der Waals surface area contributed by atoms with E-state index in [-0.39, 0.29) is 18.4 Å². The van der Waals surface area contributed by atoms with Gasteiger partial charge in [-0.25, -0.2) is 0 Å². The first-order chi connectivity index (χ1) is 8.26. The summed E-state index contributed by atoms with van der Waals surface area (Å²) in [5, 5.41) is 0. The molecule has 0 heterocycles. The molecule has 5 nitrogen and oxygen atoms in total. The summed E-state index contributed by atoms with van der Waals surface area (Å²) in [5.41, 5.74) is 5.16.